The third-order valence-corrected chi connectivity index (χ3v) is 11.2. The molecule has 1 rings (SSSR count). The van der Waals surface area contributed by atoms with Crippen LogP contribution in [0.1, 0.15) is 219 Å². The Balaban J connectivity index is 2.33. The van der Waals surface area contributed by atoms with Crippen molar-refractivity contribution >= 4 is 5.91 Å². The van der Waals surface area contributed by atoms with Crippen molar-refractivity contribution in [2.45, 2.75) is 262 Å². The third kappa shape index (κ3) is 26.6. The van der Waals surface area contributed by atoms with E-state index in [-0.39, 0.29) is 12.5 Å². The van der Waals surface area contributed by atoms with Crippen molar-refractivity contribution in [2.75, 3.05) is 13.2 Å². The van der Waals surface area contributed by atoms with Crippen LogP contribution in [0.3, 0.4) is 0 Å². The highest BCUT2D eigenvalue weighted by molar-refractivity contribution is 5.76. The molecule has 1 saturated heterocycles. The summed E-state index contributed by atoms with van der Waals surface area (Å²) in [6.45, 7) is 3.84. The summed E-state index contributed by atoms with van der Waals surface area (Å²) in [5, 5.41) is 54.3. The van der Waals surface area contributed by atoms with E-state index in [1.807, 2.05) is 0 Å². The first kappa shape index (κ1) is 50.2. The molecule has 53 heavy (non-hydrogen) atoms. The molecule has 0 spiro atoms. The van der Waals surface area contributed by atoms with Gasteiger partial charge in [-0.05, 0) is 12.8 Å². The van der Waals surface area contributed by atoms with Gasteiger partial charge in [0.15, 0.2) is 6.29 Å². The molecule has 9 nitrogen and oxygen atoms in total. The van der Waals surface area contributed by atoms with Gasteiger partial charge in [0.2, 0.25) is 5.91 Å². The predicted molar refractivity (Wildman–Crippen MR) is 217 cm³/mol. The minimum absolute atomic E-state index is 0.132. The van der Waals surface area contributed by atoms with Crippen molar-refractivity contribution in [1.82, 2.24) is 5.32 Å². The zero-order chi connectivity index (χ0) is 38.8. The zero-order valence-electron chi connectivity index (χ0n) is 34.5. The lowest BCUT2D eigenvalue weighted by molar-refractivity contribution is -0.302. The number of unbranched alkanes of at least 4 members (excludes halogenated alkanes) is 28. The first-order chi connectivity index (χ1) is 25.8. The van der Waals surface area contributed by atoms with Crippen LogP contribution in [0, 0.1) is 0 Å². The highest BCUT2D eigenvalue weighted by Gasteiger charge is 2.44. The molecule has 316 valence electrons. The Labute approximate surface area is 325 Å². The van der Waals surface area contributed by atoms with E-state index >= 15 is 0 Å². The largest absolute Gasteiger partial charge is 0.394 e. The number of aliphatic hydroxyl groups excluding tert-OH is 5. The van der Waals surface area contributed by atoms with Crippen LogP contribution in [0.5, 0.6) is 0 Å². The van der Waals surface area contributed by atoms with Crippen LogP contribution in [-0.4, -0.2) is 87.5 Å². The van der Waals surface area contributed by atoms with Crippen molar-refractivity contribution in [3.05, 3.63) is 0 Å². The number of nitrogens with one attached hydrogen (secondary N) is 1. The second-order valence-electron chi connectivity index (χ2n) is 16.2. The minimum Gasteiger partial charge on any atom is -0.394 e. The van der Waals surface area contributed by atoms with Crippen LogP contribution in [0.15, 0.2) is 0 Å². The summed E-state index contributed by atoms with van der Waals surface area (Å²) < 4.78 is 11.3. The summed E-state index contributed by atoms with van der Waals surface area (Å²) in [5.74, 6) is -0.141. The van der Waals surface area contributed by atoms with Crippen LogP contribution < -0.4 is 5.32 Å². The smallest absolute Gasteiger partial charge is 0.220 e. The Morgan fingerprint density at radius 2 is 0.943 bits per heavy atom. The molecule has 0 aromatic heterocycles. The molecule has 1 amide bonds. The molecule has 1 fully saturated rings. The number of rotatable bonds is 38. The molecule has 0 aromatic carbocycles. The van der Waals surface area contributed by atoms with Gasteiger partial charge in [-0.25, -0.2) is 0 Å². The summed E-state index contributed by atoms with van der Waals surface area (Å²) in [6, 6.07) is -0.710. The van der Waals surface area contributed by atoms with Gasteiger partial charge >= 0.3 is 0 Å². The van der Waals surface area contributed by atoms with E-state index in [0.717, 1.165) is 38.5 Å². The van der Waals surface area contributed by atoms with Crippen LogP contribution in [0.4, 0.5) is 0 Å². The Morgan fingerprint density at radius 1 is 0.566 bits per heavy atom. The van der Waals surface area contributed by atoms with Crippen LogP contribution in [0.2, 0.25) is 0 Å². The zero-order valence-corrected chi connectivity index (χ0v) is 34.5. The van der Waals surface area contributed by atoms with Gasteiger partial charge in [0, 0.05) is 6.42 Å². The number of amides is 1. The van der Waals surface area contributed by atoms with Crippen molar-refractivity contribution in [1.29, 1.82) is 0 Å². The highest BCUT2D eigenvalue weighted by atomic mass is 16.7. The van der Waals surface area contributed by atoms with Gasteiger partial charge in [-0.1, -0.05) is 200 Å². The van der Waals surface area contributed by atoms with Gasteiger partial charge in [0.05, 0.1) is 25.4 Å². The van der Waals surface area contributed by atoms with Crippen molar-refractivity contribution in [3.8, 4) is 0 Å². The molecule has 9 heteroatoms. The fourth-order valence-corrected chi connectivity index (χ4v) is 7.51. The number of ether oxygens (including phenoxy) is 2. The van der Waals surface area contributed by atoms with Gasteiger partial charge < -0.3 is 40.3 Å². The summed E-state index contributed by atoms with van der Waals surface area (Å²) in [7, 11) is 0. The lowest BCUT2D eigenvalue weighted by Crippen LogP contribution is -2.60. The van der Waals surface area contributed by atoms with Gasteiger partial charge in [-0.15, -0.1) is 0 Å². The standard InChI is InChI=1S/C44H87NO8/c1-3-5-7-9-11-13-15-17-19-20-21-23-25-27-29-31-33-38(47)37(36-52-44-43(51)42(50)41(49)39(35-46)53-44)45-40(48)34-32-30-28-26-24-22-18-16-14-12-10-8-6-4-2/h37-39,41-44,46-47,49-51H,3-36H2,1-2H3,(H,45,48). The first-order valence-corrected chi connectivity index (χ1v) is 22.7. The molecule has 7 atom stereocenters. The summed E-state index contributed by atoms with van der Waals surface area (Å²) >= 11 is 0. The van der Waals surface area contributed by atoms with E-state index in [1.165, 1.54) is 154 Å². The molecule has 1 aliphatic heterocycles. The highest BCUT2D eigenvalue weighted by Crippen LogP contribution is 2.23. The molecule has 1 aliphatic rings. The lowest BCUT2D eigenvalue weighted by atomic mass is 9.99. The van der Waals surface area contributed by atoms with Crippen LogP contribution in [0.25, 0.3) is 0 Å². The Kier molecular flexibility index (Phi) is 33.7. The summed E-state index contributed by atoms with van der Waals surface area (Å²) in [5.41, 5.74) is 0. The van der Waals surface area contributed by atoms with E-state index in [9.17, 15) is 30.3 Å². The van der Waals surface area contributed by atoms with E-state index in [4.69, 9.17) is 9.47 Å². The van der Waals surface area contributed by atoms with E-state index in [2.05, 4.69) is 19.2 Å². The molecule has 6 N–H and O–H groups in total. The SMILES string of the molecule is CCCCCCCCCCCCCCCCCCC(O)C(COC1OC(CO)C(O)C(O)C1O)NC(=O)CCCCCCCCCCCCCCCC. The number of hydrogen-bond donors (Lipinski definition) is 6. The topological polar surface area (TPSA) is 149 Å². The van der Waals surface area contributed by atoms with Crippen molar-refractivity contribution in [2.24, 2.45) is 0 Å². The van der Waals surface area contributed by atoms with Gasteiger partial charge in [-0.3, -0.25) is 4.79 Å². The van der Waals surface area contributed by atoms with E-state index in [1.54, 1.807) is 0 Å². The van der Waals surface area contributed by atoms with Crippen LogP contribution in [-0.2, 0) is 14.3 Å². The van der Waals surface area contributed by atoms with Crippen molar-refractivity contribution < 1.29 is 39.8 Å². The molecule has 0 bridgehead atoms. The van der Waals surface area contributed by atoms with Gasteiger partial charge in [0.25, 0.3) is 0 Å². The second kappa shape index (κ2) is 35.6. The third-order valence-electron chi connectivity index (χ3n) is 11.2. The number of hydrogen-bond acceptors (Lipinski definition) is 8. The van der Waals surface area contributed by atoms with Gasteiger partial charge in [-0.2, -0.15) is 0 Å². The molecule has 0 aliphatic carbocycles. The maximum atomic E-state index is 12.9. The molecule has 0 aromatic rings. The number of carbonyl (C=O) groups is 1. The molecule has 0 radical (unpaired) electrons. The van der Waals surface area contributed by atoms with E-state index < -0.39 is 49.5 Å². The summed E-state index contributed by atoms with van der Waals surface area (Å²) in [4.78, 5) is 12.9. The first-order valence-electron chi connectivity index (χ1n) is 22.7. The number of carbonyl (C=O) groups excluding carboxylic acids is 1. The second-order valence-corrected chi connectivity index (χ2v) is 16.2. The average molecular weight is 758 g/mol. The molecular formula is C44H87NO8. The Bertz CT molecular complexity index is 801. The normalized spacial score (nSPS) is 21.5. The monoisotopic (exact) mass is 758 g/mol. The maximum Gasteiger partial charge on any atom is 0.220 e. The fourth-order valence-electron chi connectivity index (χ4n) is 7.51. The average Bonchev–Trinajstić information content (AvgIpc) is 3.16. The Morgan fingerprint density at radius 3 is 1.34 bits per heavy atom. The number of aliphatic hydroxyl groups is 5. The van der Waals surface area contributed by atoms with E-state index in [0.29, 0.717) is 12.8 Å². The minimum atomic E-state index is -1.55. The molecular weight excluding hydrogens is 670 g/mol. The quantitative estimate of drug-likeness (QED) is 0.0342. The summed E-state index contributed by atoms with van der Waals surface area (Å²) in [6.07, 6.45) is 31.0. The molecule has 0 saturated carbocycles. The fraction of sp³-hybridized carbons (Fsp3) is 0.977. The predicted octanol–water partition coefficient (Wildman–Crippen LogP) is 9.17. The maximum absolute atomic E-state index is 12.9. The van der Waals surface area contributed by atoms with Gasteiger partial charge in [0.1, 0.15) is 24.4 Å². The lowest BCUT2D eigenvalue weighted by Gasteiger charge is -2.40. The molecule has 1 heterocycles. The van der Waals surface area contributed by atoms with Crippen LogP contribution >= 0.6 is 0 Å². The Hall–Kier alpha value is -0.810. The molecule has 7 unspecified atom stereocenters. The van der Waals surface area contributed by atoms with Crippen molar-refractivity contribution in [3.63, 3.8) is 0 Å².